The lowest BCUT2D eigenvalue weighted by Gasteiger charge is -2.16. The number of ether oxygens (including phenoxy) is 1. The molecule has 2 aromatic rings. The summed E-state index contributed by atoms with van der Waals surface area (Å²) in [5.74, 6) is 1.02. The maximum atomic E-state index is 5.98. The number of benzene rings is 2. The molecule has 2 rings (SSSR count). The van der Waals surface area contributed by atoms with E-state index in [4.69, 9.17) is 22.1 Å². The minimum atomic E-state index is 0.156. The van der Waals surface area contributed by atoms with Crippen LogP contribution in [0.5, 0.6) is 5.75 Å². The van der Waals surface area contributed by atoms with Crippen molar-refractivity contribution in [3.8, 4) is 5.75 Å². The van der Waals surface area contributed by atoms with Crippen molar-refractivity contribution in [2.75, 3.05) is 13.2 Å². The van der Waals surface area contributed by atoms with Gasteiger partial charge in [-0.1, -0.05) is 41.9 Å². The summed E-state index contributed by atoms with van der Waals surface area (Å²) in [6.45, 7) is 1.09. The van der Waals surface area contributed by atoms with E-state index >= 15 is 0 Å². The molecule has 2 nitrogen and oxygen atoms in total. The van der Waals surface area contributed by atoms with Gasteiger partial charge in [-0.3, -0.25) is 0 Å². The quantitative estimate of drug-likeness (QED) is 0.895. The summed E-state index contributed by atoms with van der Waals surface area (Å²) in [4.78, 5) is 0. The van der Waals surface area contributed by atoms with Crippen LogP contribution >= 0.6 is 11.6 Å². The van der Waals surface area contributed by atoms with Crippen LogP contribution in [-0.4, -0.2) is 13.2 Å². The van der Waals surface area contributed by atoms with Crippen molar-refractivity contribution in [3.63, 3.8) is 0 Å². The van der Waals surface area contributed by atoms with Gasteiger partial charge in [0.2, 0.25) is 0 Å². The van der Waals surface area contributed by atoms with Crippen molar-refractivity contribution in [3.05, 3.63) is 65.2 Å². The molecule has 3 heteroatoms. The van der Waals surface area contributed by atoms with Gasteiger partial charge in [0.05, 0.1) is 6.61 Å². The molecule has 0 bridgehead atoms. The number of halogens is 1. The predicted octanol–water partition coefficient (Wildman–Crippen LogP) is 3.46. The molecule has 2 N–H and O–H groups in total. The van der Waals surface area contributed by atoms with Crippen LogP contribution in [0, 0.1) is 0 Å². The SMILES string of the molecule is NCC(COc1ccccc1)c1cccc(Cl)c1. The normalized spacial score (nSPS) is 12.1. The van der Waals surface area contributed by atoms with Crippen LogP contribution in [0.1, 0.15) is 11.5 Å². The summed E-state index contributed by atoms with van der Waals surface area (Å²) in [5, 5.41) is 0.727. The van der Waals surface area contributed by atoms with E-state index in [9.17, 15) is 0 Å². The van der Waals surface area contributed by atoms with Gasteiger partial charge in [-0.05, 0) is 29.8 Å². The smallest absolute Gasteiger partial charge is 0.119 e. The summed E-state index contributed by atoms with van der Waals surface area (Å²) in [7, 11) is 0. The molecule has 0 amide bonds. The van der Waals surface area contributed by atoms with E-state index in [0.29, 0.717) is 13.2 Å². The Labute approximate surface area is 112 Å². The lowest BCUT2D eigenvalue weighted by atomic mass is 10.0. The number of nitrogens with two attached hydrogens (primary N) is 1. The van der Waals surface area contributed by atoms with E-state index in [0.717, 1.165) is 16.3 Å². The Bertz CT molecular complexity index is 487. The maximum absolute atomic E-state index is 5.98. The molecule has 0 saturated carbocycles. The van der Waals surface area contributed by atoms with E-state index in [1.54, 1.807) is 0 Å². The van der Waals surface area contributed by atoms with Crippen molar-refractivity contribution in [1.82, 2.24) is 0 Å². The Hall–Kier alpha value is -1.51. The summed E-state index contributed by atoms with van der Waals surface area (Å²) < 4.78 is 5.73. The van der Waals surface area contributed by atoms with E-state index in [1.165, 1.54) is 0 Å². The largest absolute Gasteiger partial charge is 0.493 e. The second-order valence-corrected chi connectivity index (χ2v) is 4.55. The minimum Gasteiger partial charge on any atom is -0.493 e. The highest BCUT2D eigenvalue weighted by molar-refractivity contribution is 6.30. The highest BCUT2D eigenvalue weighted by Gasteiger charge is 2.11. The Balaban J connectivity index is 2.02. The molecule has 0 aromatic heterocycles. The average Bonchev–Trinajstić information content (AvgIpc) is 2.41. The summed E-state index contributed by atoms with van der Waals surface area (Å²) in [5.41, 5.74) is 6.91. The van der Waals surface area contributed by atoms with Crippen molar-refractivity contribution in [2.24, 2.45) is 5.73 Å². The van der Waals surface area contributed by atoms with Crippen LogP contribution < -0.4 is 10.5 Å². The third-order valence-electron chi connectivity index (χ3n) is 2.80. The summed E-state index contributed by atoms with van der Waals surface area (Å²) >= 11 is 5.98. The minimum absolute atomic E-state index is 0.156. The number of hydrogen-bond acceptors (Lipinski definition) is 2. The molecule has 0 radical (unpaired) electrons. The third-order valence-corrected chi connectivity index (χ3v) is 3.03. The molecule has 94 valence electrons. The lowest BCUT2D eigenvalue weighted by molar-refractivity contribution is 0.290. The molecule has 2 aromatic carbocycles. The van der Waals surface area contributed by atoms with Gasteiger partial charge in [0, 0.05) is 17.5 Å². The van der Waals surface area contributed by atoms with Crippen molar-refractivity contribution in [2.45, 2.75) is 5.92 Å². The number of para-hydroxylation sites is 1. The molecular formula is C15H16ClNO. The third kappa shape index (κ3) is 3.49. The predicted molar refractivity (Wildman–Crippen MR) is 75.2 cm³/mol. The molecule has 0 heterocycles. The second kappa shape index (κ2) is 6.43. The monoisotopic (exact) mass is 261 g/mol. The molecule has 0 aliphatic rings. The zero-order valence-electron chi connectivity index (χ0n) is 10.1. The van der Waals surface area contributed by atoms with Gasteiger partial charge in [-0.25, -0.2) is 0 Å². The second-order valence-electron chi connectivity index (χ2n) is 4.11. The topological polar surface area (TPSA) is 35.2 Å². The first-order chi connectivity index (χ1) is 8.79. The van der Waals surface area contributed by atoms with Gasteiger partial charge in [0.1, 0.15) is 5.75 Å². The average molecular weight is 262 g/mol. The van der Waals surface area contributed by atoms with E-state index in [2.05, 4.69) is 0 Å². The fourth-order valence-corrected chi connectivity index (χ4v) is 1.97. The Morgan fingerprint density at radius 3 is 2.50 bits per heavy atom. The first-order valence-corrected chi connectivity index (χ1v) is 6.31. The zero-order valence-corrected chi connectivity index (χ0v) is 10.8. The highest BCUT2D eigenvalue weighted by atomic mass is 35.5. The van der Waals surface area contributed by atoms with Crippen molar-refractivity contribution < 1.29 is 4.74 Å². The Morgan fingerprint density at radius 1 is 1.06 bits per heavy atom. The highest BCUT2D eigenvalue weighted by Crippen LogP contribution is 2.20. The van der Waals surface area contributed by atoms with Crippen LogP contribution in [0.15, 0.2) is 54.6 Å². The Morgan fingerprint density at radius 2 is 1.83 bits per heavy atom. The van der Waals surface area contributed by atoms with Gasteiger partial charge in [-0.15, -0.1) is 0 Å². The van der Waals surface area contributed by atoms with Crippen LogP contribution in [0.3, 0.4) is 0 Å². The Kier molecular flexibility index (Phi) is 4.62. The fraction of sp³-hybridized carbons (Fsp3) is 0.200. The molecule has 18 heavy (non-hydrogen) atoms. The van der Waals surface area contributed by atoms with E-state index in [1.807, 2.05) is 54.6 Å². The summed E-state index contributed by atoms with van der Waals surface area (Å²) in [6, 6.07) is 17.5. The number of hydrogen-bond donors (Lipinski definition) is 1. The molecule has 1 atom stereocenters. The van der Waals surface area contributed by atoms with Gasteiger partial charge >= 0.3 is 0 Å². The first-order valence-electron chi connectivity index (χ1n) is 5.93. The van der Waals surface area contributed by atoms with Gasteiger partial charge in [0.25, 0.3) is 0 Å². The van der Waals surface area contributed by atoms with Crippen molar-refractivity contribution >= 4 is 11.6 Å². The maximum Gasteiger partial charge on any atom is 0.119 e. The molecule has 0 fully saturated rings. The fourth-order valence-electron chi connectivity index (χ4n) is 1.77. The van der Waals surface area contributed by atoms with Crippen LogP contribution in [-0.2, 0) is 0 Å². The number of rotatable bonds is 5. The zero-order chi connectivity index (χ0) is 12.8. The van der Waals surface area contributed by atoms with Crippen LogP contribution in [0.4, 0.5) is 0 Å². The molecule has 0 saturated heterocycles. The molecule has 0 aliphatic carbocycles. The first kappa shape index (κ1) is 12.9. The van der Waals surface area contributed by atoms with Crippen molar-refractivity contribution in [1.29, 1.82) is 0 Å². The van der Waals surface area contributed by atoms with Gasteiger partial charge < -0.3 is 10.5 Å². The lowest BCUT2D eigenvalue weighted by Crippen LogP contribution is -2.19. The summed E-state index contributed by atoms with van der Waals surface area (Å²) in [6.07, 6.45) is 0. The van der Waals surface area contributed by atoms with E-state index < -0.39 is 0 Å². The van der Waals surface area contributed by atoms with Crippen LogP contribution in [0.2, 0.25) is 5.02 Å². The van der Waals surface area contributed by atoms with Crippen LogP contribution in [0.25, 0.3) is 0 Å². The molecule has 0 aliphatic heterocycles. The molecular weight excluding hydrogens is 246 g/mol. The standard InChI is InChI=1S/C15H16ClNO/c16-14-6-4-5-12(9-14)13(10-17)11-18-15-7-2-1-3-8-15/h1-9,13H,10-11,17H2. The van der Waals surface area contributed by atoms with E-state index in [-0.39, 0.29) is 5.92 Å². The van der Waals surface area contributed by atoms with Gasteiger partial charge in [-0.2, -0.15) is 0 Å². The molecule has 1 unspecified atom stereocenters. The molecule has 0 spiro atoms. The van der Waals surface area contributed by atoms with Gasteiger partial charge in [0.15, 0.2) is 0 Å².